The minimum absolute atomic E-state index is 0.0868. The van der Waals surface area contributed by atoms with Crippen LogP contribution in [0, 0.1) is 12.8 Å². The van der Waals surface area contributed by atoms with Crippen LogP contribution in [0.2, 0.25) is 0 Å². The number of para-hydroxylation sites is 1. The number of carbonyl (C=O) groups excluding carboxylic acids is 2. The third-order valence-electron chi connectivity index (χ3n) is 5.44. The second kappa shape index (κ2) is 11.1. The van der Waals surface area contributed by atoms with Gasteiger partial charge in [-0.2, -0.15) is 0 Å². The van der Waals surface area contributed by atoms with Gasteiger partial charge in [0.15, 0.2) is 0 Å². The lowest BCUT2D eigenvalue weighted by atomic mass is 10.1. The number of anilines is 1. The van der Waals surface area contributed by atoms with E-state index in [1.807, 2.05) is 12.1 Å². The fraction of sp³-hybridized carbons (Fsp3) is 0.440. The molecular weight excluding hydrogens is 388 g/mol. The summed E-state index contributed by atoms with van der Waals surface area (Å²) in [5.74, 6) is 0.126. The summed E-state index contributed by atoms with van der Waals surface area (Å²) in [6, 6.07) is 15.8. The zero-order valence-corrected chi connectivity index (χ0v) is 18.9. The first kappa shape index (κ1) is 23.0. The largest absolute Gasteiger partial charge is 0.352 e. The molecule has 6 nitrogen and oxygen atoms in total. The number of hydrogen-bond acceptors (Lipinski definition) is 4. The Morgan fingerprint density at radius 3 is 2.39 bits per heavy atom. The zero-order chi connectivity index (χ0) is 22.2. The topological polar surface area (TPSA) is 64.7 Å². The monoisotopic (exact) mass is 422 g/mol. The van der Waals surface area contributed by atoms with Crippen molar-refractivity contribution in [1.82, 2.24) is 15.1 Å². The van der Waals surface area contributed by atoms with Crippen LogP contribution >= 0.6 is 0 Å². The summed E-state index contributed by atoms with van der Waals surface area (Å²) in [5.41, 5.74) is 3.68. The van der Waals surface area contributed by atoms with Crippen molar-refractivity contribution in [3.63, 3.8) is 0 Å². The van der Waals surface area contributed by atoms with Crippen molar-refractivity contribution in [3.05, 3.63) is 65.2 Å². The van der Waals surface area contributed by atoms with Crippen molar-refractivity contribution in [2.75, 3.05) is 44.6 Å². The highest BCUT2D eigenvalue weighted by Gasteiger charge is 2.20. The maximum Gasteiger partial charge on any atom is 0.253 e. The Morgan fingerprint density at radius 2 is 1.68 bits per heavy atom. The highest BCUT2D eigenvalue weighted by atomic mass is 16.2. The molecule has 1 aliphatic heterocycles. The number of aryl methyl sites for hydroxylation is 1. The first-order valence-corrected chi connectivity index (χ1v) is 11.1. The van der Waals surface area contributed by atoms with E-state index in [0.717, 1.165) is 32.7 Å². The van der Waals surface area contributed by atoms with Gasteiger partial charge in [-0.25, -0.2) is 0 Å². The van der Waals surface area contributed by atoms with Crippen molar-refractivity contribution in [1.29, 1.82) is 0 Å². The molecule has 1 aliphatic rings. The lowest BCUT2D eigenvalue weighted by Gasteiger charge is -2.34. The number of nitrogens with one attached hydrogen (secondary N) is 2. The van der Waals surface area contributed by atoms with Crippen LogP contribution < -0.4 is 10.6 Å². The SMILES string of the molecule is Cc1cccc(CN2CCN(CC(=O)Nc3ccccc3C(=O)NCC(C)C)CC2)c1. The Hall–Kier alpha value is -2.70. The fourth-order valence-electron chi connectivity index (χ4n) is 3.75. The van der Waals surface area contributed by atoms with Crippen LogP contribution in [0.4, 0.5) is 5.69 Å². The predicted molar refractivity (Wildman–Crippen MR) is 125 cm³/mol. The molecule has 31 heavy (non-hydrogen) atoms. The zero-order valence-electron chi connectivity index (χ0n) is 18.9. The molecule has 1 saturated heterocycles. The Labute approximate surface area is 185 Å². The summed E-state index contributed by atoms with van der Waals surface area (Å²) in [7, 11) is 0. The van der Waals surface area contributed by atoms with E-state index in [1.165, 1.54) is 11.1 Å². The number of carbonyl (C=O) groups is 2. The van der Waals surface area contributed by atoms with Gasteiger partial charge in [0.2, 0.25) is 5.91 Å². The molecule has 2 N–H and O–H groups in total. The third kappa shape index (κ3) is 7.19. The van der Waals surface area contributed by atoms with E-state index in [1.54, 1.807) is 12.1 Å². The van der Waals surface area contributed by atoms with Gasteiger partial charge in [-0.3, -0.25) is 19.4 Å². The van der Waals surface area contributed by atoms with Crippen LogP contribution in [-0.4, -0.2) is 60.9 Å². The lowest BCUT2D eigenvalue weighted by Crippen LogP contribution is -2.48. The molecule has 166 valence electrons. The van der Waals surface area contributed by atoms with Gasteiger partial charge in [0.1, 0.15) is 0 Å². The second-order valence-corrected chi connectivity index (χ2v) is 8.74. The first-order valence-electron chi connectivity index (χ1n) is 11.1. The van der Waals surface area contributed by atoms with Crippen molar-refractivity contribution >= 4 is 17.5 Å². The summed E-state index contributed by atoms with van der Waals surface area (Å²) in [6.07, 6.45) is 0. The maximum atomic E-state index is 12.6. The second-order valence-electron chi connectivity index (χ2n) is 8.74. The number of hydrogen-bond donors (Lipinski definition) is 2. The Kier molecular flexibility index (Phi) is 8.20. The molecule has 0 bridgehead atoms. The predicted octanol–water partition coefficient (Wildman–Crippen LogP) is 3.14. The van der Waals surface area contributed by atoms with Gasteiger partial charge in [-0.05, 0) is 30.5 Å². The summed E-state index contributed by atoms with van der Waals surface area (Å²) >= 11 is 0. The number of rotatable bonds is 8. The average Bonchev–Trinajstić information content (AvgIpc) is 2.74. The van der Waals surface area contributed by atoms with E-state index in [0.29, 0.717) is 30.3 Å². The van der Waals surface area contributed by atoms with Gasteiger partial charge in [-0.15, -0.1) is 0 Å². The minimum atomic E-state index is -0.158. The van der Waals surface area contributed by atoms with Crippen LogP contribution in [0.15, 0.2) is 48.5 Å². The molecule has 2 aromatic rings. The summed E-state index contributed by atoms with van der Waals surface area (Å²) < 4.78 is 0. The maximum absolute atomic E-state index is 12.6. The third-order valence-corrected chi connectivity index (χ3v) is 5.44. The van der Waals surface area contributed by atoms with E-state index in [-0.39, 0.29) is 11.8 Å². The Balaban J connectivity index is 1.48. The molecule has 2 amide bonds. The van der Waals surface area contributed by atoms with Crippen molar-refractivity contribution < 1.29 is 9.59 Å². The highest BCUT2D eigenvalue weighted by Crippen LogP contribution is 2.16. The molecule has 6 heteroatoms. The number of amides is 2. The van der Waals surface area contributed by atoms with E-state index in [4.69, 9.17) is 0 Å². The van der Waals surface area contributed by atoms with Crippen LogP contribution in [0.5, 0.6) is 0 Å². The smallest absolute Gasteiger partial charge is 0.253 e. The van der Waals surface area contributed by atoms with E-state index in [2.05, 4.69) is 65.5 Å². The van der Waals surface area contributed by atoms with Crippen molar-refractivity contribution in [2.45, 2.75) is 27.3 Å². The molecule has 0 aliphatic carbocycles. The molecule has 1 heterocycles. The molecule has 0 saturated carbocycles. The van der Waals surface area contributed by atoms with Crippen molar-refractivity contribution in [3.8, 4) is 0 Å². The highest BCUT2D eigenvalue weighted by molar-refractivity contribution is 6.04. The molecule has 0 spiro atoms. The molecule has 0 radical (unpaired) electrons. The van der Waals surface area contributed by atoms with Crippen molar-refractivity contribution in [2.24, 2.45) is 5.92 Å². The quantitative estimate of drug-likeness (QED) is 0.686. The first-order chi connectivity index (χ1) is 14.9. The van der Waals surface area contributed by atoms with Gasteiger partial charge in [0, 0.05) is 39.3 Å². The number of benzene rings is 2. The van der Waals surface area contributed by atoms with Crippen LogP contribution in [0.25, 0.3) is 0 Å². The van der Waals surface area contributed by atoms with Crippen LogP contribution in [0.1, 0.15) is 35.3 Å². The van der Waals surface area contributed by atoms with E-state index >= 15 is 0 Å². The standard InChI is InChI=1S/C25H34N4O2/c1-19(2)16-26-25(31)22-9-4-5-10-23(22)27-24(30)18-29-13-11-28(12-14-29)17-21-8-6-7-20(3)15-21/h4-10,15,19H,11-14,16-18H2,1-3H3,(H,26,31)(H,27,30). The Bertz CT molecular complexity index is 889. The molecule has 0 atom stereocenters. The summed E-state index contributed by atoms with van der Waals surface area (Å²) in [6.45, 7) is 11.7. The Morgan fingerprint density at radius 1 is 0.968 bits per heavy atom. The van der Waals surface area contributed by atoms with Gasteiger partial charge in [0.05, 0.1) is 17.8 Å². The van der Waals surface area contributed by atoms with E-state index in [9.17, 15) is 9.59 Å². The fourth-order valence-corrected chi connectivity index (χ4v) is 3.75. The molecule has 0 unspecified atom stereocenters. The van der Waals surface area contributed by atoms with Gasteiger partial charge in [0.25, 0.3) is 5.91 Å². The van der Waals surface area contributed by atoms with Gasteiger partial charge in [-0.1, -0.05) is 55.8 Å². The average molecular weight is 423 g/mol. The van der Waals surface area contributed by atoms with E-state index < -0.39 is 0 Å². The molecule has 3 rings (SSSR count). The lowest BCUT2D eigenvalue weighted by molar-refractivity contribution is -0.117. The minimum Gasteiger partial charge on any atom is -0.352 e. The summed E-state index contributed by atoms with van der Waals surface area (Å²) in [5, 5.41) is 5.84. The summed E-state index contributed by atoms with van der Waals surface area (Å²) in [4.78, 5) is 29.7. The number of piperazine rings is 1. The van der Waals surface area contributed by atoms with Gasteiger partial charge < -0.3 is 10.6 Å². The normalized spacial score (nSPS) is 15.1. The van der Waals surface area contributed by atoms with Crippen LogP contribution in [-0.2, 0) is 11.3 Å². The molecular formula is C25H34N4O2. The molecule has 2 aromatic carbocycles. The molecule has 1 fully saturated rings. The van der Waals surface area contributed by atoms with Gasteiger partial charge >= 0.3 is 0 Å². The van der Waals surface area contributed by atoms with Crippen LogP contribution in [0.3, 0.4) is 0 Å². The number of nitrogens with zero attached hydrogens (tertiary/aromatic N) is 2. The molecule has 0 aromatic heterocycles.